The highest BCUT2D eigenvalue weighted by molar-refractivity contribution is 6.02. The number of amides is 1. The van der Waals surface area contributed by atoms with Crippen LogP contribution in [0, 0.1) is 5.95 Å². The first-order valence-corrected chi connectivity index (χ1v) is 4.44. The monoisotopic (exact) mass is 218 g/mol. The fraction of sp³-hybridized carbons (Fsp3) is 0. The van der Waals surface area contributed by atoms with Crippen LogP contribution in [0.15, 0.2) is 36.9 Å². The van der Waals surface area contributed by atoms with Crippen LogP contribution in [0.25, 0.3) is 0 Å². The van der Waals surface area contributed by atoms with Crippen LogP contribution in [0.1, 0.15) is 10.5 Å². The van der Waals surface area contributed by atoms with Gasteiger partial charge in [0.05, 0.1) is 18.1 Å². The molecule has 0 aromatic carbocycles. The molecule has 1 amide bonds. The molecule has 0 radical (unpaired) electrons. The molecule has 5 nitrogen and oxygen atoms in total. The lowest BCUT2D eigenvalue weighted by Crippen LogP contribution is -2.13. The number of hydrogen-bond donors (Lipinski definition) is 1. The zero-order chi connectivity index (χ0) is 11.4. The van der Waals surface area contributed by atoms with Gasteiger partial charge in [-0.2, -0.15) is 4.39 Å². The number of carbonyl (C=O) groups excluding carboxylic acids is 1. The molecular weight excluding hydrogens is 211 g/mol. The lowest BCUT2D eigenvalue weighted by atomic mass is 10.3. The number of halogens is 1. The molecule has 0 unspecified atom stereocenters. The molecule has 0 bridgehead atoms. The predicted molar refractivity (Wildman–Crippen MR) is 54.2 cm³/mol. The SMILES string of the molecule is O=C(Nc1ccc(F)nc1)c1cnccn1. The molecule has 0 aliphatic rings. The summed E-state index contributed by atoms with van der Waals surface area (Å²) in [5, 5.41) is 2.51. The fourth-order valence-corrected chi connectivity index (χ4v) is 1.06. The normalized spacial score (nSPS) is 9.81. The number of nitrogens with one attached hydrogen (secondary N) is 1. The van der Waals surface area contributed by atoms with E-state index < -0.39 is 11.9 Å². The van der Waals surface area contributed by atoms with Crippen molar-refractivity contribution in [2.75, 3.05) is 5.32 Å². The van der Waals surface area contributed by atoms with Crippen molar-refractivity contribution < 1.29 is 9.18 Å². The molecular formula is C10H7FN4O. The standard InChI is InChI=1S/C10H7FN4O/c11-9-2-1-7(5-14-9)15-10(16)8-6-12-3-4-13-8/h1-6H,(H,15,16). The van der Waals surface area contributed by atoms with Crippen molar-refractivity contribution in [2.24, 2.45) is 0 Å². The summed E-state index contributed by atoms with van der Waals surface area (Å²) in [6, 6.07) is 2.57. The summed E-state index contributed by atoms with van der Waals surface area (Å²) in [7, 11) is 0. The summed E-state index contributed by atoms with van der Waals surface area (Å²) in [6.45, 7) is 0. The maximum absolute atomic E-state index is 12.5. The van der Waals surface area contributed by atoms with Crippen LogP contribution in [-0.2, 0) is 0 Å². The molecule has 2 aromatic rings. The van der Waals surface area contributed by atoms with E-state index in [1.54, 1.807) is 0 Å². The van der Waals surface area contributed by atoms with Crippen molar-refractivity contribution in [3.05, 3.63) is 48.6 Å². The van der Waals surface area contributed by atoms with E-state index in [9.17, 15) is 9.18 Å². The van der Waals surface area contributed by atoms with Crippen molar-refractivity contribution >= 4 is 11.6 Å². The Hall–Kier alpha value is -2.37. The van der Waals surface area contributed by atoms with Crippen LogP contribution < -0.4 is 5.32 Å². The van der Waals surface area contributed by atoms with Crippen LogP contribution in [0.3, 0.4) is 0 Å². The van der Waals surface area contributed by atoms with E-state index in [2.05, 4.69) is 20.3 Å². The highest BCUT2D eigenvalue weighted by atomic mass is 19.1. The van der Waals surface area contributed by atoms with E-state index in [1.165, 1.54) is 30.9 Å². The van der Waals surface area contributed by atoms with Crippen molar-refractivity contribution in [3.63, 3.8) is 0 Å². The molecule has 6 heteroatoms. The Morgan fingerprint density at radius 2 is 2.06 bits per heavy atom. The average molecular weight is 218 g/mol. The zero-order valence-corrected chi connectivity index (χ0v) is 8.09. The fourth-order valence-electron chi connectivity index (χ4n) is 1.06. The lowest BCUT2D eigenvalue weighted by molar-refractivity contribution is 0.102. The van der Waals surface area contributed by atoms with Gasteiger partial charge < -0.3 is 5.32 Å². The third-order valence-corrected chi connectivity index (χ3v) is 1.78. The number of nitrogens with zero attached hydrogens (tertiary/aromatic N) is 3. The molecule has 16 heavy (non-hydrogen) atoms. The van der Waals surface area contributed by atoms with E-state index in [-0.39, 0.29) is 5.69 Å². The molecule has 0 saturated heterocycles. The summed E-state index contributed by atoms with van der Waals surface area (Å²) in [5.74, 6) is -1.01. The van der Waals surface area contributed by atoms with E-state index in [1.807, 2.05) is 0 Å². The molecule has 2 rings (SSSR count). The molecule has 0 aliphatic carbocycles. The number of aromatic nitrogens is 3. The molecule has 0 fully saturated rings. The van der Waals surface area contributed by atoms with Gasteiger partial charge in [-0.05, 0) is 12.1 Å². The van der Waals surface area contributed by atoms with Crippen LogP contribution >= 0.6 is 0 Å². The Morgan fingerprint density at radius 1 is 1.19 bits per heavy atom. The van der Waals surface area contributed by atoms with Crippen molar-refractivity contribution in [2.45, 2.75) is 0 Å². The van der Waals surface area contributed by atoms with Gasteiger partial charge in [-0.25, -0.2) is 9.97 Å². The minimum absolute atomic E-state index is 0.187. The van der Waals surface area contributed by atoms with Gasteiger partial charge in [-0.3, -0.25) is 9.78 Å². The third kappa shape index (κ3) is 2.35. The third-order valence-electron chi connectivity index (χ3n) is 1.78. The molecule has 0 atom stereocenters. The van der Waals surface area contributed by atoms with Crippen molar-refractivity contribution in [3.8, 4) is 0 Å². The van der Waals surface area contributed by atoms with E-state index in [4.69, 9.17) is 0 Å². The van der Waals surface area contributed by atoms with E-state index in [0.29, 0.717) is 5.69 Å². The zero-order valence-electron chi connectivity index (χ0n) is 8.09. The lowest BCUT2D eigenvalue weighted by Gasteiger charge is -2.02. The van der Waals surface area contributed by atoms with E-state index >= 15 is 0 Å². The van der Waals surface area contributed by atoms with Crippen molar-refractivity contribution in [1.29, 1.82) is 0 Å². The molecule has 2 heterocycles. The Bertz CT molecular complexity index is 486. The number of pyridine rings is 1. The average Bonchev–Trinajstić information content (AvgIpc) is 2.33. The molecule has 0 spiro atoms. The predicted octanol–water partition coefficient (Wildman–Crippen LogP) is 1.26. The van der Waals surface area contributed by atoms with Crippen LogP contribution in [0.5, 0.6) is 0 Å². The van der Waals surface area contributed by atoms with Gasteiger partial charge in [0.1, 0.15) is 5.69 Å². The first-order chi connectivity index (χ1) is 7.75. The van der Waals surface area contributed by atoms with Gasteiger partial charge in [-0.1, -0.05) is 0 Å². The first-order valence-electron chi connectivity index (χ1n) is 4.44. The topological polar surface area (TPSA) is 67.8 Å². The molecule has 2 aromatic heterocycles. The largest absolute Gasteiger partial charge is 0.319 e. The van der Waals surface area contributed by atoms with Gasteiger partial charge in [-0.15, -0.1) is 0 Å². The van der Waals surface area contributed by atoms with Crippen molar-refractivity contribution in [1.82, 2.24) is 15.0 Å². The second-order valence-corrected chi connectivity index (χ2v) is 2.91. The highest BCUT2D eigenvalue weighted by Gasteiger charge is 2.07. The second kappa shape index (κ2) is 4.43. The van der Waals surface area contributed by atoms with Gasteiger partial charge in [0.15, 0.2) is 0 Å². The van der Waals surface area contributed by atoms with Gasteiger partial charge in [0, 0.05) is 12.4 Å². The molecule has 0 aliphatic heterocycles. The Labute approximate surface area is 90.4 Å². The van der Waals surface area contributed by atoms with Crippen LogP contribution in [0.2, 0.25) is 0 Å². The summed E-state index contributed by atoms with van der Waals surface area (Å²) in [5.41, 5.74) is 0.587. The molecule has 0 saturated carbocycles. The Morgan fingerprint density at radius 3 is 2.69 bits per heavy atom. The number of anilines is 1. The summed E-state index contributed by atoms with van der Waals surface area (Å²) in [4.78, 5) is 22.6. The van der Waals surface area contributed by atoms with Crippen LogP contribution in [0.4, 0.5) is 10.1 Å². The summed E-state index contributed by atoms with van der Waals surface area (Å²) >= 11 is 0. The summed E-state index contributed by atoms with van der Waals surface area (Å²) < 4.78 is 12.5. The Kier molecular flexibility index (Phi) is 2.81. The minimum Gasteiger partial charge on any atom is -0.319 e. The molecule has 80 valence electrons. The maximum atomic E-state index is 12.5. The second-order valence-electron chi connectivity index (χ2n) is 2.91. The highest BCUT2D eigenvalue weighted by Crippen LogP contribution is 2.06. The first kappa shape index (κ1) is 10.2. The van der Waals surface area contributed by atoms with Crippen LogP contribution in [-0.4, -0.2) is 20.9 Å². The molecule has 1 N–H and O–H groups in total. The smallest absolute Gasteiger partial charge is 0.275 e. The number of rotatable bonds is 2. The maximum Gasteiger partial charge on any atom is 0.275 e. The van der Waals surface area contributed by atoms with Gasteiger partial charge >= 0.3 is 0 Å². The summed E-state index contributed by atoms with van der Waals surface area (Å²) in [6.07, 6.45) is 5.45. The van der Waals surface area contributed by atoms with E-state index in [0.717, 1.165) is 6.07 Å². The Balaban J connectivity index is 2.11. The van der Waals surface area contributed by atoms with Gasteiger partial charge in [0.25, 0.3) is 5.91 Å². The minimum atomic E-state index is -0.600. The number of hydrogen-bond acceptors (Lipinski definition) is 4. The number of carbonyl (C=O) groups is 1. The van der Waals surface area contributed by atoms with Gasteiger partial charge in [0.2, 0.25) is 5.95 Å². The quantitative estimate of drug-likeness (QED) is 0.770.